The van der Waals surface area contributed by atoms with E-state index in [1.165, 1.54) is 29.8 Å². The van der Waals surface area contributed by atoms with Crippen molar-refractivity contribution in [2.45, 2.75) is 51.0 Å². The highest BCUT2D eigenvalue weighted by Crippen LogP contribution is 2.63. The molecule has 2 saturated carbocycles. The van der Waals surface area contributed by atoms with Crippen LogP contribution in [0.5, 0.6) is 0 Å². The van der Waals surface area contributed by atoms with Crippen molar-refractivity contribution >= 4 is 17.4 Å². The molecule has 1 aromatic rings. The van der Waals surface area contributed by atoms with Gasteiger partial charge in [0, 0.05) is 16.6 Å². The number of thioether (sulfide) groups is 1. The lowest BCUT2D eigenvalue weighted by Gasteiger charge is -2.43. The van der Waals surface area contributed by atoms with Gasteiger partial charge in [-0.2, -0.15) is 0 Å². The summed E-state index contributed by atoms with van der Waals surface area (Å²) in [5.41, 5.74) is 2.20. The van der Waals surface area contributed by atoms with E-state index in [0.717, 1.165) is 5.92 Å². The van der Waals surface area contributed by atoms with Gasteiger partial charge >= 0.3 is 0 Å². The fourth-order valence-corrected chi connectivity index (χ4v) is 5.00. The van der Waals surface area contributed by atoms with Crippen LogP contribution in [0.15, 0.2) is 29.2 Å². The van der Waals surface area contributed by atoms with E-state index in [1.54, 1.807) is 0 Å². The normalized spacial score (nSPS) is 35.6. The number of nitrogens with one attached hydrogen (secondary N) is 1. The van der Waals surface area contributed by atoms with Gasteiger partial charge in [-0.3, -0.25) is 0 Å². The van der Waals surface area contributed by atoms with E-state index in [2.05, 4.69) is 56.6 Å². The lowest BCUT2D eigenvalue weighted by molar-refractivity contribution is 0.155. The van der Waals surface area contributed by atoms with Crippen molar-refractivity contribution < 1.29 is 0 Å². The van der Waals surface area contributed by atoms with E-state index in [1.807, 2.05) is 11.8 Å². The lowest BCUT2D eigenvalue weighted by Crippen LogP contribution is -2.45. The van der Waals surface area contributed by atoms with Crippen LogP contribution in [0.4, 0.5) is 5.69 Å². The molecule has 1 N–H and O–H groups in total. The van der Waals surface area contributed by atoms with Crippen molar-refractivity contribution in [2.24, 2.45) is 16.7 Å². The molecule has 0 spiro atoms. The molecule has 19 heavy (non-hydrogen) atoms. The van der Waals surface area contributed by atoms with E-state index >= 15 is 0 Å². The standard InChI is InChI=1S/C17H25NS/c1-16(2)12-8-9-17(3,11-12)15(16)18-13-6-5-7-14(10-13)19-4/h5-7,10,12,15,18H,8-9,11H2,1-4H3. The van der Waals surface area contributed by atoms with Gasteiger partial charge in [0.15, 0.2) is 0 Å². The van der Waals surface area contributed by atoms with Crippen LogP contribution in [0.25, 0.3) is 0 Å². The summed E-state index contributed by atoms with van der Waals surface area (Å²) in [6.07, 6.45) is 6.36. The predicted molar refractivity (Wildman–Crippen MR) is 84.9 cm³/mol. The Morgan fingerprint density at radius 1 is 1.26 bits per heavy atom. The number of rotatable bonds is 3. The average molecular weight is 275 g/mol. The van der Waals surface area contributed by atoms with Gasteiger partial charge in [-0.25, -0.2) is 0 Å². The highest BCUT2D eigenvalue weighted by molar-refractivity contribution is 7.98. The van der Waals surface area contributed by atoms with Gasteiger partial charge in [-0.05, 0) is 60.5 Å². The molecule has 1 aromatic carbocycles. The third-order valence-electron chi connectivity index (χ3n) is 5.65. The Hall–Kier alpha value is -0.630. The molecule has 104 valence electrons. The number of hydrogen-bond acceptors (Lipinski definition) is 2. The summed E-state index contributed by atoms with van der Waals surface area (Å²) in [6.45, 7) is 7.40. The molecule has 3 unspecified atom stereocenters. The molecule has 3 rings (SSSR count). The number of hydrogen-bond donors (Lipinski definition) is 1. The Labute approximate surface area is 121 Å². The second kappa shape index (κ2) is 4.44. The van der Waals surface area contributed by atoms with Crippen LogP contribution >= 0.6 is 11.8 Å². The molecule has 0 heterocycles. The minimum absolute atomic E-state index is 0.419. The van der Waals surface area contributed by atoms with Crippen LogP contribution in [-0.4, -0.2) is 12.3 Å². The molecular formula is C17H25NS. The highest BCUT2D eigenvalue weighted by atomic mass is 32.2. The van der Waals surface area contributed by atoms with Crippen molar-refractivity contribution in [3.8, 4) is 0 Å². The van der Waals surface area contributed by atoms with Gasteiger partial charge in [-0.15, -0.1) is 11.8 Å². The van der Waals surface area contributed by atoms with Crippen LogP contribution in [0.3, 0.4) is 0 Å². The Morgan fingerprint density at radius 3 is 2.68 bits per heavy atom. The van der Waals surface area contributed by atoms with Gasteiger partial charge in [0.25, 0.3) is 0 Å². The molecule has 2 bridgehead atoms. The topological polar surface area (TPSA) is 12.0 Å². The first kappa shape index (κ1) is 13.4. The third-order valence-corrected chi connectivity index (χ3v) is 6.38. The summed E-state index contributed by atoms with van der Waals surface area (Å²) in [5, 5.41) is 3.86. The summed E-state index contributed by atoms with van der Waals surface area (Å²) in [6, 6.07) is 9.46. The fraction of sp³-hybridized carbons (Fsp3) is 0.647. The highest BCUT2D eigenvalue weighted by Gasteiger charge is 2.59. The molecule has 0 amide bonds. The van der Waals surface area contributed by atoms with Crippen molar-refractivity contribution in [3.05, 3.63) is 24.3 Å². The van der Waals surface area contributed by atoms with Crippen molar-refractivity contribution in [1.29, 1.82) is 0 Å². The first-order valence-corrected chi connectivity index (χ1v) is 8.59. The maximum Gasteiger partial charge on any atom is 0.0368 e. The zero-order valence-electron chi connectivity index (χ0n) is 12.5. The van der Waals surface area contributed by atoms with Crippen molar-refractivity contribution in [2.75, 3.05) is 11.6 Å². The molecular weight excluding hydrogens is 250 g/mol. The quantitative estimate of drug-likeness (QED) is 0.776. The van der Waals surface area contributed by atoms with Gasteiger partial charge in [0.05, 0.1) is 0 Å². The van der Waals surface area contributed by atoms with Gasteiger partial charge in [-0.1, -0.05) is 26.8 Å². The molecule has 3 atom stereocenters. The fourth-order valence-electron chi connectivity index (χ4n) is 4.54. The van der Waals surface area contributed by atoms with Crippen LogP contribution in [0.1, 0.15) is 40.0 Å². The summed E-state index contributed by atoms with van der Waals surface area (Å²) >= 11 is 1.82. The largest absolute Gasteiger partial charge is 0.381 e. The molecule has 2 heteroatoms. The molecule has 2 aliphatic rings. The van der Waals surface area contributed by atoms with Gasteiger partial charge < -0.3 is 5.32 Å². The maximum absolute atomic E-state index is 3.86. The second-order valence-electron chi connectivity index (χ2n) is 7.22. The van der Waals surface area contributed by atoms with Gasteiger partial charge in [0.2, 0.25) is 0 Å². The molecule has 0 radical (unpaired) electrons. The van der Waals surface area contributed by atoms with E-state index in [4.69, 9.17) is 0 Å². The molecule has 1 nitrogen and oxygen atoms in total. The van der Waals surface area contributed by atoms with E-state index in [-0.39, 0.29) is 0 Å². The Bertz CT molecular complexity index is 477. The molecule has 2 aliphatic carbocycles. The zero-order chi connectivity index (χ0) is 13.7. The van der Waals surface area contributed by atoms with Crippen LogP contribution in [-0.2, 0) is 0 Å². The predicted octanol–water partition coefficient (Wildman–Crippen LogP) is 5.04. The zero-order valence-corrected chi connectivity index (χ0v) is 13.3. The number of benzene rings is 1. The maximum atomic E-state index is 3.86. The summed E-state index contributed by atoms with van der Waals surface area (Å²) in [7, 11) is 0. The van der Waals surface area contributed by atoms with E-state index in [0.29, 0.717) is 16.9 Å². The number of fused-ring (bicyclic) bond motifs is 2. The Kier molecular flexibility index (Phi) is 3.12. The molecule has 0 saturated heterocycles. The smallest absolute Gasteiger partial charge is 0.0368 e. The van der Waals surface area contributed by atoms with Gasteiger partial charge in [0.1, 0.15) is 0 Å². The molecule has 0 aliphatic heterocycles. The summed E-state index contributed by atoms with van der Waals surface area (Å²) in [4.78, 5) is 1.34. The monoisotopic (exact) mass is 275 g/mol. The lowest BCUT2D eigenvalue weighted by atomic mass is 9.68. The van der Waals surface area contributed by atoms with E-state index in [9.17, 15) is 0 Å². The third kappa shape index (κ3) is 2.08. The van der Waals surface area contributed by atoms with E-state index < -0.39 is 0 Å². The minimum Gasteiger partial charge on any atom is -0.381 e. The van der Waals surface area contributed by atoms with Crippen LogP contribution < -0.4 is 5.32 Å². The van der Waals surface area contributed by atoms with Crippen LogP contribution in [0, 0.1) is 16.7 Å². The second-order valence-corrected chi connectivity index (χ2v) is 8.10. The first-order chi connectivity index (χ1) is 8.95. The number of anilines is 1. The molecule has 0 aromatic heterocycles. The Balaban J connectivity index is 1.86. The Morgan fingerprint density at radius 2 is 2.05 bits per heavy atom. The summed E-state index contributed by atoms with van der Waals surface area (Å²) < 4.78 is 0. The van der Waals surface area contributed by atoms with Crippen molar-refractivity contribution in [1.82, 2.24) is 0 Å². The molecule has 2 fully saturated rings. The first-order valence-electron chi connectivity index (χ1n) is 7.36. The minimum atomic E-state index is 0.419. The SMILES string of the molecule is CSc1cccc(NC2C3(C)CCC(C3)C2(C)C)c1. The average Bonchev–Trinajstić information content (AvgIpc) is 2.86. The van der Waals surface area contributed by atoms with Crippen molar-refractivity contribution in [3.63, 3.8) is 0 Å². The summed E-state index contributed by atoms with van der Waals surface area (Å²) in [5.74, 6) is 0.902. The van der Waals surface area contributed by atoms with Crippen LogP contribution in [0.2, 0.25) is 0 Å².